The Morgan fingerprint density at radius 1 is 1.22 bits per heavy atom. The molecule has 1 aromatic carbocycles. The summed E-state index contributed by atoms with van der Waals surface area (Å²) < 4.78 is 0. The van der Waals surface area contributed by atoms with Gasteiger partial charge in [-0.15, -0.1) is 0 Å². The third-order valence-corrected chi connectivity index (χ3v) is 2.93. The van der Waals surface area contributed by atoms with Crippen LogP contribution in [0.25, 0.3) is 11.1 Å². The van der Waals surface area contributed by atoms with Gasteiger partial charge in [-0.2, -0.15) is 0 Å². The molecule has 1 heterocycles. The SMILES string of the molecule is CC(C)c1cncc(-c2ccccc2C(N)=O)c1. The van der Waals surface area contributed by atoms with Crippen molar-refractivity contribution in [1.82, 2.24) is 4.98 Å². The number of rotatable bonds is 3. The highest BCUT2D eigenvalue weighted by Gasteiger charge is 2.10. The van der Waals surface area contributed by atoms with Crippen LogP contribution in [0.4, 0.5) is 0 Å². The summed E-state index contributed by atoms with van der Waals surface area (Å²) in [4.78, 5) is 15.6. The van der Waals surface area contributed by atoms with Crippen LogP contribution in [0.2, 0.25) is 0 Å². The van der Waals surface area contributed by atoms with Gasteiger partial charge in [-0.3, -0.25) is 9.78 Å². The predicted octanol–water partition coefficient (Wildman–Crippen LogP) is 2.97. The Labute approximate surface area is 107 Å². The van der Waals surface area contributed by atoms with Crippen molar-refractivity contribution < 1.29 is 4.79 Å². The zero-order chi connectivity index (χ0) is 13.1. The van der Waals surface area contributed by atoms with E-state index in [-0.39, 0.29) is 0 Å². The Balaban J connectivity index is 2.55. The number of aromatic nitrogens is 1. The third-order valence-electron chi connectivity index (χ3n) is 2.93. The summed E-state index contributed by atoms with van der Waals surface area (Å²) in [6.45, 7) is 4.22. The molecule has 0 unspecified atom stereocenters. The van der Waals surface area contributed by atoms with Gasteiger partial charge >= 0.3 is 0 Å². The van der Waals surface area contributed by atoms with Crippen LogP contribution >= 0.6 is 0 Å². The summed E-state index contributed by atoms with van der Waals surface area (Å²) in [5.41, 5.74) is 8.82. The van der Waals surface area contributed by atoms with Crippen LogP contribution in [0, 0.1) is 0 Å². The highest BCUT2D eigenvalue weighted by Crippen LogP contribution is 2.25. The fourth-order valence-electron chi connectivity index (χ4n) is 1.87. The van der Waals surface area contributed by atoms with E-state index >= 15 is 0 Å². The van der Waals surface area contributed by atoms with Crippen LogP contribution in [-0.4, -0.2) is 10.9 Å². The summed E-state index contributed by atoms with van der Waals surface area (Å²) in [6, 6.07) is 9.38. The number of carbonyl (C=O) groups is 1. The minimum absolute atomic E-state index is 0.401. The second-order valence-corrected chi connectivity index (χ2v) is 4.57. The number of pyridine rings is 1. The molecule has 2 rings (SSSR count). The maximum atomic E-state index is 11.4. The van der Waals surface area contributed by atoms with Crippen molar-refractivity contribution in [2.45, 2.75) is 19.8 Å². The van der Waals surface area contributed by atoms with Gasteiger partial charge in [0.1, 0.15) is 0 Å². The maximum Gasteiger partial charge on any atom is 0.249 e. The van der Waals surface area contributed by atoms with E-state index in [9.17, 15) is 4.79 Å². The third kappa shape index (κ3) is 2.40. The molecule has 0 bridgehead atoms. The molecule has 3 nitrogen and oxygen atoms in total. The van der Waals surface area contributed by atoms with Crippen molar-refractivity contribution in [3.05, 3.63) is 53.9 Å². The minimum Gasteiger partial charge on any atom is -0.366 e. The van der Waals surface area contributed by atoms with Gasteiger partial charge in [0, 0.05) is 23.5 Å². The molecule has 0 atom stereocenters. The first-order valence-electron chi connectivity index (χ1n) is 5.93. The van der Waals surface area contributed by atoms with Gasteiger partial charge in [0.25, 0.3) is 0 Å². The van der Waals surface area contributed by atoms with E-state index in [1.165, 1.54) is 0 Å². The molecule has 92 valence electrons. The molecule has 0 aliphatic rings. The normalized spacial score (nSPS) is 10.6. The Hall–Kier alpha value is -2.16. The molecular formula is C15H16N2O. The second-order valence-electron chi connectivity index (χ2n) is 4.57. The molecule has 0 spiro atoms. The number of carbonyl (C=O) groups excluding carboxylic acids is 1. The minimum atomic E-state index is -0.416. The average molecular weight is 240 g/mol. The fraction of sp³-hybridized carbons (Fsp3) is 0.200. The van der Waals surface area contributed by atoms with Crippen molar-refractivity contribution >= 4 is 5.91 Å². The topological polar surface area (TPSA) is 56.0 Å². The molecule has 0 saturated heterocycles. The molecule has 0 aliphatic heterocycles. The van der Waals surface area contributed by atoms with Crippen LogP contribution in [0.5, 0.6) is 0 Å². The number of benzene rings is 1. The first-order chi connectivity index (χ1) is 8.59. The van der Waals surface area contributed by atoms with Crippen LogP contribution in [0.3, 0.4) is 0 Å². The average Bonchev–Trinajstić information content (AvgIpc) is 2.39. The Morgan fingerprint density at radius 2 is 1.94 bits per heavy atom. The van der Waals surface area contributed by atoms with E-state index in [1.54, 1.807) is 12.3 Å². The first kappa shape index (κ1) is 12.3. The molecular weight excluding hydrogens is 224 g/mol. The summed E-state index contributed by atoms with van der Waals surface area (Å²) in [5, 5.41) is 0. The van der Waals surface area contributed by atoms with E-state index in [0.29, 0.717) is 11.5 Å². The van der Waals surface area contributed by atoms with Crippen molar-refractivity contribution in [3.8, 4) is 11.1 Å². The molecule has 3 heteroatoms. The van der Waals surface area contributed by atoms with E-state index in [2.05, 4.69) is 24.9 Å². The van der Waals surface area contributed by atoms with Crippen molar-refractivity contribution in [2.24, 2.45) is 5.73 Å². The summed E-state index contributed by atoms with van der Waals surface area (Å²) in [6.07, 6.45) is 3.61. The first-order valence-corrected chi connectivity index (χ1v) is 5.93. The lowest BCUT2D eigenvalue weighted by atomic mass is 9.97. The van der Waals surface area contributed by atoms with E-state index in [4.69, 9.17) is 5.73 Å². The summed E-state index contributed by atoms with van der Waals surface area (Å²) >= 11 is 0. The molecule has 2 aromatic rings. The molecule has 0 radical (unpaired) electrons. The number of nitrogens with two attached hydrogens (primary N) is 1. The highest BCUT2D eigenvalue weighted by molar-refractivity contribution is 5.99. The number of hydrogen-bond donors (Lipinski definition) is 1. The standard InChI is InChI=1S/C15H16N2O/c1-10(2)11-7-12(9-17-8-11)13-5-3-4-6-14(13)15(16)18/h3-10H,1-2H3,(H2,16,18). The summed E-state index contributed by atoms with van der Waals surface area (Å²) in [7, 11) is 0. The van der Waals surface area contributed by atoms with Crippen molar-refractivity contribution in [2.75, 3.05) is 0 Å². The van der Waals surface area contributed by atoms with Crippen LogP contribution < -0.4 is 5.73 Å². The number of nitrogens with zero attached hydrogens (tertiary/aromatic N) is 1. The quantitative estimate of drug-likeness (QED) is 0.896. The number of primary amides is 1. The van der Waals surface area contributed by atoms with Gasteiger partial charge in [0.05, 0.1) is 0 Å². The zero-order valence-electron chi connectivity index (χ0n) is 10.6. The second kappa shape index (κ2) is 5.00. The predicted molar refractivity (Wildman–Crippen MR) is 72.3 cm³/mol. The van der Waals surface area contributed by atoms with E-state index in [1.807, 2.05) is 24.4 Å². The molecule has 0 saturated carbocycles. The van der Waals surface area contributed by atoms with Gasteiger partial charge < -0.3 is 5.73 Å². The van der Waals surface area contributed by atoms with Gasteiger partial charge in [0.2, 0.25) is 5.91 Å². The van der Waals surface area contributed by atoms with Gasteiger partial charge in [-0.1, -0.05) is 32.0 Å². The molecule has 0 aliphatic carbocycles. The molecule has 1 aromatic heterocycles. The van der Waals surface area contributed by atoms with E-state index in [0.717, 1.165) is 16.7 Å². The number of amides is 1. The lowest BCUT2D eigenvalue weighted by Crippen LogP contribution is -2.12. The van der Waals surface area contributed by atoms with Crippen LogP contribution in [0.15, 0.2) is 42.7 Å². The number of hydrogen-bond acceptors (Lipinski definition) is 2. The molecule has 18 heavy (non-hydrogen) atoms. The van der Waals surface area contributed by atoms with Crippen molar-refractivity contribution in [1.29, 1.82) is 0 Å². The molecule has 0 fully saturated rings. The Kier molecular flexibility index (Phi) is 3.42. The summed E-state index contributed by atoms with van der Waals surface area (Å²) in [5.74, 6) is -0.0151. The highest BCUT2D eigenvalue weighted by atomic mass is 16.1. The van der Waals surface area contributed by atoms with Gasteiger partial charge in [-0.25, -0.2) is 0 Å². The largest absolute Gasteiger partial charge is 0.366 e. The fourth-order valence-corrected chi connectivity index (χ4v) is 1.87. The van der Waals surface area contributed by atoms with Gasteiger partial charge in [0.15, 0.2) is 0 Å². The van der Waals surface area contributed by atoms with Gasteiger partial charge in [-0.05, 0) is 29.2 Å². The molecule has 1 amide bonds. The van der Waals surface area contributed by atoms with Crippen LogP contribution in [0.1, 0.15) is 35.7 Å². The zero-order valence-corrected chi connectivity index (χ0v) is 10.6. The van der Waals surface area contributed by atoms with E-state index < -0.39 is 5.91 Å². The monoisotopic (exact) mass is 240 g/mol. The Bertz CT molecular complexity index is 576. The smallest absolute Gasteiger partial charge is 0.249 e. The maximum absolute atomic E-state index is 11.4. The lowest BCUT2D eigenvalue weighted by molar-refractivity contribution is 0.100. The van der Waals surface area contributed by atoms with Crippen LogP contribution in [-0.2, 0) is 0 Å². The Morgan fingerprint density at radius 3 is 2.61 bits per heavy atom. The molecule has 2 N–H and O–H groups in total. The van der Waals surface area contributed by atoms with Crippen molar-refractivity contribution in [3.63, 3.8) is 0 Å². The lowest BCUT2D eigenvalue weighted by Gasteiger charge is -2.10.